The first-order valence-electron chi connectivity index (χ1n) is 5.89. The summed E-state index contributed by atoms with van der Waals surface area (Å²) in [4.78, 5) is 11.9. The lowest BCUT2D eigenvalue weighted by molar-refractivity contribution is 0.0953. The third-order valence-electron chi connectivity index (χ3n) is 2.62. The van der Waals surface area contributed by atoms with Gasteiger partial charge in [0.25, 0.3) is 5.91 Å². The Labute approximate surface area is 113 Å². The minimum Gasteiger partial charge on any atom is -0.398 e. The van der Waals surface area contributed by atoms with Gasteiger partial charge in [-0.2, -0.15) is 0 Å². The van der Waals surface area contributed by atoms with Crippen LogP contribution in [-0.2, 0) is 10.0 Å². The van der Waals surface area contributed by atoms with E-state index in [-0.39, 0.29) is 5.91 Å². The van der Waals surface area contributed by atoms with E-state index in [0.717, 1.165) is 11.8 Å². The SMILES string of the molecule is Cc1c(N)cccc1C(=O)NCCCNS(C)(=O)=O. The molecule has 0 saturated carbocycles. The van der Waals surface area contributed by atoms with Crippen molar-refractivity contribution in [2.24, 2.45) is 0 Å². The largest absolute Gasteiger partial charge is 0.398 e. The quantitative estimate of drug-likeness (QED) is 0.515. The molecular weight excluding hydrogens is 266 g/mol. The number of benzene rings is 1. The zero-order valence-corrected chi connectivity index (χ0v) is 11.9. The Morgan fingerprint density at radius 3 is 2.63 bits per heavy atom. The van der Waals surface area contributed by atoms with E-state index in [1.807, 2.05) is 0 Å². The zero-order chi connectivity index (χ0) is 14.5. The molecule has 0 bridgehead atoms. The molecule has 19 heavy (non-hydrogen) atoms. The number of anilines is 1. The maximum Gasteiger partial charge on any atom is 0.251 e. The molecule has 6 nitrogen and oxygen atoms in total. The fourth-order valence-electron chi connectivity index (χ4n) is 1.54. The van der Waals surface area contributed by atoms with Crippen LogP contribution in [0.15, 0.2) is 18.2 Å². The van der Waals surface area contributed by atoms with Gasteiger partial charge in [0.2, 0.25) is 10.0 Å². The van der Waals surface area contributed by atoms with E-state index in [4.69, 9.17) is 5.73 Å². The normalized spacial score (nSPS) is 11.3. The molecule has 0 radical (unpaired) electrons. The van der Waals surface area contributed by atoms with Gasteiger partial charge in [0.1, 0.15) is 0 Å². The Balaban J connectivity index is 2.42. The number of sulfonamides is 1. The van der Waals surface area contributed by atoms with Gasteiger partial charge < -0.3 is 11.1 Å². The number of nitrogens with two attached hydrogens (primary N) is 1. The van der Waals surface area contributed by atoms with E-state index < -0.39 is 10.0 Å². The van der Waals surface area contributed by atoms with Gasteiger partial charge in [-0.1, -0.05) is 6.07 Å². The van der Waals surface area contributed by atoms with Gasteiger partial charge in [-0.05, 0) is 31.0 Å². The van der Waals surface area contributed by atoms with Crippen LogP contribution in [-0.4, -0.2) is 33.7 Å². The number of hydrogen-bond acceptors (Lipinski definition) is 4. The van der Waals surface area contributed by atoms with Crippen LogP contribution in [0.5, 0.6) is 0 Å². The summed E-state index contributed by atoms with van der Waals surface area (Å²) in [5, 5.41) is 2.72. The lowest BCUT2D eigenvalue weighted by Gasteiger charge is -2.09. The number of rotatable bonds is 6. The van der Waals surface area contributed by atoms with Gasteiger partial charge in [-0.15, -0.1) is 0 Å². The van der Waals surface area contributed by atoms with E-state index in [1.54, 1.807) is 25.1 Å². The van der Waals surface area contributed by atoms with Crippen molar-refractivity contribution in [3.05, 3.63) is 29.3 Å². The fraction of sp³-hybridized carbons (Fsp3) is 0.417. The third kappa shape index (κ3) is 5.27. The summed E-state index contributed by atoms with van der Waals surface area (Å²) in [6.45, 7) is 2.49. The number of carbonyl (C=O) groups excluding carboxylic acids is 1. The molecule has 0 aliphatic carbocycles. The van der Waals surface area contributed by atoms with Crippen molar-refractivity contribution in [3.8, 4) is 0 Å². The Kier molecular flexibility index (Phi) is 5.31. The summed E-state index contributed by atoms with van der Waals surface area (Å²) in [7, 11) is -3.17. The van der Waals surface area contributed by atoms with E-state index in [2.05, 4.69) is 10.0 Å². The standard InChI is InChI=1S/C12H19N3O3S/c1-9-10(5-3-6-11(9)13)12(16)14-7-4-8-15-19(2,17)18/h3,5-6,15H,4,7-8,13H2,1-2H3,(H,14,16). The highest BCUT2D eigenvalue weighted by molar-refractivity contribution is 7.88. The van der Waals surface area contributed by atoms with Gasteiger partial charge in [-0.3, -0.25) is 4.79 Å². The highest BCUT2D eigenvalue weighted by atomic mass is 32.2. The van der Waals surface area contributed by atoms with Crippen molar-refractivity contribution in [1.82, 2.24) is 10.0 Å². The molecule has 0 aromatic heterocycles. The summed E-state index contributed by atoms with van der Waals surface area (Å²) in [5.74, 6) is -0.204. The number of hydrogen-bond donors (Lipinski definition) is 3. The lowest BCUT2D eigenvalue weighted by atomic mass is 10.1. The van der Waals surface area contributed by atoms with Crippen LogP contribution in [0, 0.1) is 6.92 Å². The second-order valence-corrected chi connectivity index (χ2v) is 6.13. The predicted octanol–water partition coefficient (Wildman–Crippen LogP) is 0.246. The Hall–Kier alpha value is -1.60. The van der Waals surface area contributed by atoms with Gasteiger partial charge in [0.15, 0.2) is 0 Å². The third-order valence-corrected chi connectivity index (χ3v) is 3.35. The van der Waals surface area contributed by atoms with Gasteiger partial charge in [0.05, 0.1) is 6.26 Å². The molecule has 0 heterocycles. The molecule has 1 amide bonds. The number of nitrogens with one attached hydrogen (secondary N) is 2. The van der Waals surface area contributed by atoms with Crippen LogP contribution >= 0.6 is 0 Å². The van der Waals surface area contributed by atoms with E-state index >= 15 is 0 Å². The molecule has 1 aromatic carbocycles. The second kappa shape index (κ2) is 6.53. The minimum atomic E-state index is -3.17. The van der Waals surface area contributed by atoms with Gasteiger partial charge in [-0.25, -0.2) is 13.1 Å². The average Bonchev–Trinajstić information content (AvgIpc) is 2.30. The van der Waals surface area contributed by atoms with E-state index in [9.17, 15) is 13.2 Å². The molecular formula is C12H19N3O3S. The topological polar surface area (TPSA) is 101 Å². The maximum absolute atomic E-state index is 11.9. The van der Waals surface area contributed by atoms with Crippen LogP contribution in [0.3, 0.4) is 0 Å². The Morgan fingerprint density at radius 1 is 1.32 bits per heavy atom. The van der Waals surface area contributed by atoms with Crippen LogP contribution in [0.1, 0.15) is 22.3 Å². The molecule has 0 atom stereocenters. The van der Waals surface area contributed by atoms with E-state index in [0.29, 0.717) is 30.8 Å². The molecule has 1 aromatic rings. The zero-order valence-electron chi connectivity index (χ0n) is 11.1. The van der Waals surface area contributed by atoms with Gasteiger partial charge >= 0.3 is 0 Å². The lowest BCUT2D eigenvalue weighted by Crippen LogP contribution is -2.29. The number of carbonyl (C=O) groups is 1. The fourth-order valence-corrected chi connectivity index (χ4v) is 2.06. The molecule has 0 aliphatic rings. The molecule has 7 heteroatoms. The van der Waals surface area contributed by atoms with Crippen molar-refractivity contribution in [3.63, 3.8) is 0 Å². The van der Waals surface area contributed by atoms with Crippen molar-refractivity contribution >= 4 is 21.6 Å². The Morgan fingerprint density at radius 2 is 2.00 bits per heavy atom. The summed E-state index contributed by atoms with van der Waals surface area (Å²) in [6, 6.07) is 5.17. The Bertz CT molecular complexity index is 555. The van der Waals surface area contributed by atoms with Crippen LogP contribution < -0.4 is 15.8 Å². The monoisotopic (exact) mass is 285 g/mol. The highest BCUT2D eigenvalue weighted by Gasteiger charge is 2.09. The summed E-state index contributed by atoms with van der Waals surface area (Å²) >= 11 is 0. The summed E-state index contributed by atoms with van der Waals surface area (Å²) < 4.78 is 24.0. The molecule has 4 N–H and O–H groups in total. The molecule has 0 unspecified atom stereocenters. The van der Waals surface area contributed by atoms with Crippen molar-refractivity contribution in [1.29, 1.82) is 0 Å². The van der Waals surface area contributed by atoms with Gasteiger partial charge in [0, 0.05) is 24.3 Å². The van der Waals surface area contributed by atoms with Crippen molar-refractivity contribution in [2.45, 2.75) is 13.3 Å². The van der Waals surface area contributed by atoms with Crippen LogP contribution in [0.2, 0.25) is 0 Å². The first kappa shape index (κ1) is 15.5. The molecule has 0 fully saturated rings. The first-order valence-corrected chi connectivity index (χ1v) is 7.78. The molecule has 0 saturated heterocycles. The number of amides is 1. The van der Waals surface area contributed by atoms with Crippen LogP contribution in [0.4, 0.5) is 5.69 Å². The van der Waals surface area contributed by atoms with E-state index in [1.165, 1.54) is 0 Å². The first-order chi connectivity index (χ1) is 8.81. The molecule has 1 rings (SSSR count). The molecule has 106 valence electrons. The second-order valence-electron chi connectivity index (χ2n) is 4.30. The summed E-state index contributed by atoms with van der Waals surface area (Å²) in [6.07, 6.45) is 1.63. The summed E-state index contributed by atoms with van der Waals surface area (Å²) in [5.41, 5.74) is 7.58. The smallest absolute Gasteiger partial charge is 0.251 e. The molecule has 0 aliphatic heterocycles. The van der Waals surface area contributed by atoms with Crippen molar-refractivity contribution in [2.75, 3.05) is 25.1 Å². The molecule has 0 spiro atoms. The minimum absolute atomic E-state index is 0.204. The number of nitrogen functional groups attached to an aromatic ring is 1. The predicted molar refractivity (Wildman–Crippen MR) is 75.4 cm³/mol. The maximum atomic E-state index is 11.9. The average molecular weight is 285 g/mol. The highest BCUT2D eigenvalue weighted by Crippen LogP contribution is 2.14. The van der Waals surface area contributed by atoms with Crippen LogP contribution in [0.25, 0.3) is 0 Å². The van der Waals surface area contributed by atoms with Crippen molar-refractivity contribution < 1.29 is 13.2 Å².